The first-order valence-corrected chi connectivity index (χ1v) is 6.26. The molecule has 6 heteroatoms. The Morgan fingerprint density at radius 2 is 2.00 bits per heavy atom. The van der Waals surface area contributed by atoms with Crippen molar-refractivity contribution in [3.8, 4) is 11.8 Å². The summed E-state index contributed by atoms with van der Waals surface area (Å²) in [5, 5.41) is 8.57. The largest absolute Gasteiger partial charge is 0.492 e. The van der Waals surface area contributed by atoms with Crippen LogP contribution in [0.5, 0.6) is 5.75 Å². The first-order chi connectivity index (χ1) is 9.61. The van der Waals surface area contributed by atoms with Crippen molar-refractivity contribution >= 4 is 11.9 Å². The highest BCUT2D eigenvalue weighted by Crippen LogP contribution is 2.13. The summed E-state index contributed by atoms with van der Waals surface area (Å²) in [6.45, 7) is 0.618. The van der Waals surface area contributed by atoms with E-state index in [4.69, 9.17) is 10.00 Å². The summed E-state index contributed by atoms with van der Waals surface area (Å²) in [6.07, 6.45) is 0.364. The molecule has 1 aliphatic heterocycles. The first-order valence-electron chi connectivity index (χ1n) is 6.26. The molecule has 0 bridgehead atoms. The average Bonchev–Trinajstić information content (AvgIpc) is 2.67. The molecule has 104 valence electrons. The molecule has 0 unspecified atom stereocenters. The van der Waals surface area contributed by atoms with Crippen LogP contribution in [0.4, 0.5) is 4.79 Å². The number of carbonyl (C=O) groups excluding carboxylic acids is 2. The highest BCUT2D eigenvalue weighted by Gasteiger charge is 2.32. The number of amides is 3. The number of ether oxygens (including phenoxy) is 1. The molecule has 0 N–H and O–H groups in total. The van der Waals surface area contributed by atoms with Gasteiger partial charge in [0.1, 0.15) is 18.9 Å². The minimum atomic E-state index is -0.289. The lowest BCUT2D eigenvalue weighted by molar-refractivity contribution is -0.125. The smallest absolute Gasteiger partial charge is 0.327 e. The Morgan fingerprint density at radius 3 is 2.55 bits per heavy atom. The number of benzene rings is 1. The van der Waals surface area contributed by atoms with Crippen molar-refractivity contribution < 1.29 is 14.3 Å². The second kappa shape index (κ2) is 6.06. The summed E-state index contributed by atoms with van der Waals surface area (Å²) < 4.78 is 5.49. The van der Waals surface area contributed by atoms with E-state index in [9.17, 15) is 9.59 Å². The monoisotopic (exact) mass is 273 g/mol. The number of likely N-dealkylation sites (N-methyl/N-ethyl adjacent to an activating group) is 1. The lowest BCUT2D eigenvalue weighted by Gasteiger charge is -2.14. The summed E-state index contributed by atoms with van der Waals surface area (Å²) in [6, 6.07) is 8.96. The lowest BCUT2D eigenvalue weighted by Crippen LogP contribution is -2.35. The van der Waals surface area contributed by atoms with Gasteiger partial charge in [0, 0.05) is 7.05 Å². The van der Waals surface area contributed by atoms with E-state index in [1.54, 1.807) is 19.2 Å². The molecular weight excluding hydrogens is 258 g/mol. The van der Waals surface area contributed by atoms with Gasteiger partial charge in [-0.25, -0.2) is 4.79 Å². The number of nitriles is 1. The summed E-state index contributed by atoms with van der Waals surface area (Å²) in [4.78, 5) is 25.7. The average molecular weight is 273 g/mol. The first kappa shape index (κ1) is 13.9. The molecule has 3 amide bonds. The Kier molecular flexibility index (Phi) is 4.20. The molecule has 6 nitrogen and oxygen atoms in total. The van der Waals surface area contributed by atoms with Crippen molar-refractivity contribution in [2.75, 3.05) is 26.7 Å². The molecule has 0 radical (unpaired) electrons. The highest BCUT2D eigenvalue weighted by molar-refractivity contribution is 6.01. The van der Waals surface area contributed by atoms with E-state index < -0.39 is 0 Å². The molecule has 1 fully saturated rings. The zero-order valence-corrected chi connectivity index (χ0v) is 11.2. The number of rotatable bonds is 5. The van der Waals surface area contributed by atoms with Gasteiger partial charge in [0.15, 0.2) is 0 Å². The SMILES string of the molecule is CN1CC(=O)N(CCOc2ccc(CC#N)cc2)C1=O. The van der Waals surface area contributed by atoms with Crippen molar-refractivity contribution in [2.45, 2.75) is 6.42 Å². The molecule has 0 atom stereocenters. The second-order valence-electron chi connectivity index (χ2n) is 4.51. The van der Waals surface area contributed by atoms with Crippen molar-refractivity contribution in [3.63, 3.8) is 0 Å². The van der Waals surface area contributed by atoms with Crippen molar-refractivity contribution in [1.82, 2.24) is 9.80 Å². The van der Waals surface area contributed by atoms with Gasteiger partial charge in [-0.3, -0.25) is 9.69 Å². The van der Waals surface area contributed by atoms with E-state index in [1.165, 1.54) is 9.80 Å². The third-order valence-electron chi connectivity index (χ3n) is 3.02. The van der Waals surface area contributed by atoms with Gasteiger partial charge in [-0.2, -0.15) is 5.26 Å². The molecule has 1 heterocycles. The fourth-order valence-electron chi connectivity index (χ4n) is 1.94. The van der Waals surface area contributed by atoms with Crippen LogP contribution in [0.15, 0.2) is 24.3 Å². The van der Waals surface area contributed by atoms with Crippen LogP contribution in [0.1, 0.15) is 5.56 Å². The number of nitrogens with zero attached hydrogens (tertiary/aromatic N) is 3. The van der Waals surface area contributed by atoms with Crippen LogP contribution in [0, 0.1) is 11.3 Å². The van der Waals surface area contributed by atoms with Crippen LogP contribution in [0.25, 0.3) is 0 Å². The Labute approximate surface area is 117 Å². The van der Waals surface area contributed by atoms with Crippen LogP contribution in [0.3, 0.4) is 0 Å². The van der Waals surface area contributed by atoms with E-state index in [0.717, 1.165) is 5.56 Å². The maximum absolute atomic E-state index is 11.6. The van der Waals surface area contributed by atoms with Gasteiger partial charge in [0.05, 0.1) is 19.0 Å². The quantitative estimate of drug-likeness (QED) is 0.751. The molecule has 0 spiro atoms. The molecule has 20 heavy (non-hydrogen) atoms. The van der Waals surface area contributed by atoms with E-state index in [1.807, 2.05) is 12.1 Å². The van der Waals surface area contributed by atoms with E-state index in [2.05, 4.69) is 6.07 Å². The minimum absolute atomic E-state index is 0.127. The Balaban J connectivity index is 1.83. The van der Waals surface area contributed by atoms with Gasteiger partial charge in [-0.05, 0) is 17.7 Å². The molecular formula is C14H15N3O3. The van der Waals surface area contributed by atoms with Crippen molar-refractivity contribution in [2.24, 2.45) is 0 Å². The zero-order valence-electron chi connectivity index (χ0n) is 11.2. The van der Waals surface area contributed by atoms with Crippen LogP contribution in [-0.4, -0.2) is 48.5 Å². The normalized spacial score (nSPS) is 14.6. The maximum atomic E-state index is 11.6. The maximum Gasteiger partial charge on any atom is 0.327 e. The molecule has 1 saturated heterocycles. The predicted octanol–water partition coefficient (Wildman–Crippen LogP) is 1.03. The number of hydrogen-bond donors (Lipinski definition) is 0. The third kappa shape index (κ3) is 3.06. The Bertz CT molecular complexity index is 548. The van der Waals surface area contributed by atoms with Crippen LogP contribution in [0.2, 0.25) is 0 Å². The fourth-order valence-corrected chi connectivity index (χ4v) is 1.94. The van der Waals surface area contributed by atoms with Crippen LogP contribution >= 0.6 is 0 Å². The molecule has 1 aromatic rings. The van der Waals surface area contributed by atoms with E-state index in [-0.39, 0.29) is 31.6 Å². The van der Waals surface area contributed by atoms with E-state index >= 15 is 0 Å². The number of carbonyl (C=O) groups is 2. The van der Waals surface area contributed by atoms with Gasteiger partial charge in [0.25, 0.3) is 0 Å². The fraction of sp³-hybridized carbons (Fsp3) is 0.357. The van der Waals surface area contributed by atoms with Gasteiger partial charge in [-0.15, -0.1) is 0 Å². The Morgan fingerprint density at radius 1 is 1.30 bits per heavy atom. The molecule has 1 aliphatic rings. The van der Waals surface area contributed by atoms with Crippen molar-refractivity contribution in [1.29, 1.82) is 5.26 Å². The zero-order chi connectivity index (χ0) is 14.5. The number of urea groups is 1. The van der Waals surface area contributed by atoms with Crippen molar-refractivity contribution in [3.05, 3.63) is 29.8 Å². The van der Waals surface area contributed by atoms with Gasteiger partial charge >= 0.3 is 6.03 Å². The molecule has 0 saturated carbocycles. The predicted molar refractivity (Wildman–Crippen MR) is 71.0 cm³/mol. The summed E-state index contributed by atoms with van der Waals surface area (Å²) >= 11 is 0. The van der Waals surface area contributed by atoms with Gasteiger partial charge in [0.2, 0.25) is 5.91 Å². The summed E-state index contributed by atoms with van der Waals surface area (Å²) in [5.74, 6) is 0.449. The lowest BCUT2D eigenvalue weighted by atomic mass is 10.2. The minimum Gasteiger partial charge on any atom is -0.492 e. The number of imide groups is 1. The van der Waals surface area contributed by atoms with Crippen LogP contribution in [-0.2, 0) is 11.2 Å². The molecule has 0 aliphatic carbocycles. The highest BCUT2D eigenvalue weighted by atomic mass is 16.5. The van der Waals surface area contributed by atoms with Gasteiger partial charge < -0.3 is 9.64 Å². The molecule has 0 aromatic heterocycles. The van der Waals surface area contributed by atoms with E-state index in [0.29, 0.717) is 12.2 Å². The Hall–Kier alpha value is -2.55. The second-order valence-corrected chi connectivity index (χ2v) is 4.51. The standard InChI is InChI=1S/C14H15N3O3/c1-16-10-13(18)17(14(16)19)8-9-20-12-4-2-11(3-5-12)6-7-15/h2-5H,6,8-10H2,1H3. The third-order valence-corrected chi connectivity index (χ3v) is 3.02. The molecule has 1 aromatic carbocycles. The van der Waals surface area contributed by atoms with Gasteiger partial charge in [-0.1, -0.05) is 12.1 Å². The molecule has 2 rings (SSSR count). The number of hydrogen-bond acceptors (Lipinski definition) is 4. The topological polar surface area (TPSA) is 73.6 Å². The summed E-state index contributed by atoms with van der Waals surface area (Å²) in [7, 11) is 1.59. The van der Waals surface area contributed by atoms with Crippen LogP contribution < -0.4 is 4.74 Å². The summed E-state index contributed by atoms with van der Waals surface area (Å²) in [5.41, 5.74) is 0.923.